The molecular formula is C21H27NO3. The van der Waals surface area contributed by atoms with E-state index in [0.717, 1.165) is 6.42 Å². The molecule has 0 aliphatic carbocycles. The van der Waals surface area contributed by atoms with Crippen molar-refractivity contribution in [2.24, 2.45) is 5.92 Å². The van der Waals surface area contributed by atoms with Gasteiger partial charge in [-0.2, -0.15) is 0 Å². The van der Waals surface area contributed by atoms with E-state index in [-0.39, 0.29) is 11.8 Å². The van der Waals surface area contributed by atoms with E-state index in [1.807, 2.05) is 19.1 Å². The van der Waals surface area contributed by atoms with Gasteiger partial charge in [0.25, 0.3) is 0 Å². The quantitative estimate of drug-likeness (QED) is 0.820. The molecule has 0 aromatic heterocycles. The maximum Gasteiger partial charge on any atom is 0.326 e. The van der Waals surface area contributed by atoms with E-state index < -0.39 is 12.0 Å². The molecular weight excluding hydrogens is 314 g/mol. The predicted octanol–water partition coefficient (Wildman–Crippen LogP) is 4.37. The van der Waals surface area contributed by atoms with E-state index in [1.54, 1.807) is 13.8 Å². The van der Waals surface area contributed by atoms with E-state index in [9.17, 15) is 9.59 Å². The molecule has 0 bridgehead atoms. The normalized spacial score (nSPS) is 11.2. The Morgan fingerprint density at radius 1 is 0.920 bits per heavy atom. The molecule has 0 fully saturated rings. The number of carboxylic acid groups (broad SMARTS) is 1. The van der Waals surface area contributed by atoms with Gasteiger partial charge in [0.05, 0.1) is 0 Å². The van der Waals surface area contributed by atoms with Gasteiger partial charge in [0.15, 0.2) is 0 Å². The van der Waals surface area contributed by atoms with Crippen molar-refractivity contribution < 1.29 is 14.7 Å². The van der Waals surface area contributed by atoms with Crippen LogP contribution in [0.25, 0.3) is 11.1 Å². The van der Waals surface area contributed by atoms with Crippen LogP contribution in [-0.2, 0) is 9.59 Å². The van der Waals surface area contributed by atoms with Gasteiger partial charge in [0.2, 0.25) is 5.91 Å². The van der Waals surface area contributed by atoms with Crippen molar-refractivity contribution in [1.29, 1.82) is 0 Å². The first-order chi connectivity index (χ1) is 12.0. The standard InChI is InChI=1S/C12H10.C9H17NO3/c1-3-7-11(8-4-1)12-9-5-2-6-10-12;1-4-5-7(11)10-8(6(2)3)9(12)13/h1-10H;6,8H,4-5H2,1-3H3,(H,10,11)(H,12,13)/t;8-/m.0/s1. The lowest BCUT2D eigenvalue weighted by Crippen LogP contribution is -2.44. The molecule has 0 aliphatic rings. The van der Waals surface area contributed by atoms with Gasteiger partial charge in [-0.1, -0.05) is 81.4 Å². The average Bonchev–Trinajstić information content (AvgIpc) is 2.61. The fraction of sp³-hybridized carbons (Fsp3) is 0.333. The molecule has 0 unspecified atom stereocenters. The lowest BCUT2D eigenvalue weighted by atomic mass is 10.0. The SMILES string of the molecule is CCCC(=O)N[C@H](C(=O)O)C(C)C.c1ccc(-c2ccccc2)cc1. The van der Waals surface area contributed by atoms with Crippen molar-refractivity contribution >= 4 is 11.9 Å². The van der Waals surface area contributed by atoms with Gasteiger partial charge in [-0.3, -0.25) is 4.79 Å². The number of nitrogens with one attached hydrogen (secondary N) is 1. The lowest BCUT2D eigenvalue weighted by molar-refractivity contribution is -0.143. The largest absolute Gasteiger partial charge is 0.480 e. The van der Waals surface area contributed by atoms with Crippen LogP contribution in [0.15, 0.2) is 60.7 Å². The second-order valence-electron chi connectivity index (χ2n) is 6.11. The maximum absolute atomic E-state index is 11.1. The number of hydrogen-bond acceptors (Lipinski definition) is 2. The van der Waals surface area contributed by atoms with E-state index in [4.69, 9.17) is 5.11 Å². The van der Waals surface area contributed by atoms with Gasteiger partial charge in [-0.15, -0.1) is 0 Å². The monoisotopic (exact) mass is 341 g/mol. The van der Waals surface area contributed by atoms with Crippen LogP contribution in [0.5, 0.6) is 0 Å². The zero-order chi connectivity index (χ0) is 18.7. The van der Waals surface area contributed by atoms with Crippen molar-refractivity contribution in [3.63, 3.8) is 0 Å². The van der Waals surface area contributed by atoms with Gasteiger partial charge < -0.3 is 10.4 Å². The number of benzene rings is 2. The van der Waals surface area contributed by atoms with Gasteiger partial charge in [0, 0.05) is 6.42 Å². The van der Waals surface area contributed by atoms with Gasteiger partial charge in [-0.25, -0.2) is 4.79 Å². The zero-order valence-corrected chi connectivity index (χ0v) is 15.1. The number of amides is 1. The van der Waals surface area contributed by atoms with E-state index in [1.165, 1.54) is 11.1 Å². The van der Waals surface area contributed by atoms with Crippen LogP contribution in [0.3, 0.4) is 0 Å². The number of rotatable bonds is 6. The average molecular weight is 341 g/mol. The molecule has 25 heavy (non-hydrogen) atoms. The van der Waals surface area contributed by atoms with Crippen LogP contribution < -0.4 is 5.32 Å². The topological polar surface area (TPSA) is 66.4 Å². The van der Waals surface area contributed by atoms with Crippen molar-refractivity contribution in [2.45, 2.75) is 39.7 Å². The van der Waals surface area contributed by atoms with E-state index in [0.29, 0.717) is 6.42 Å². The van der Waals surface area contributed by atoms with Crippen LogP contribution in [-0.4, -0.2) is 23.0 Å². The maximum atomic E-state index is 11.1. The molecule has 4 heteroatoms. The minimum atomic E-state index is -0.973. The minimum Gasteiger partial charge on any atom is -0.480 e. The number of aliphatic carboxylic acids is 1. The van der Waals surface area contributed by atoms with E-state index in [2.05, 4.69) is 53.8 Å². The Bertz CT molecular complexity index is 601. The summed E-state index contributed by atoms with van der Waals surface area (Å²) in [7, 11) is 0. The van der Waals surface area contributed by atoms with Gasteiger partial charge >= 0.3 is 5.97 Å². The summed E-state index contributed by atoms with van der Waals surface area (Å²) >= 11 is 0. The smallest absolute Gasteiger partial charge is 0.326 e. The molecule has 2 aromatic carbocycles. The molecule has 1 amide bonds. The van der Waals surface area contributed by atoms with Crippen molar-refractivity contribution in [1.82, 2.24) is 5.32 Å². The third kappa shape index (κ3) is 7.66. The van der Waals surface area contributed by atoms with Crippen molar-refractivity contribution in [3.05, 3.63) is 60.7 Å². The second-order valence-corrected chi connectivity index (χ2v) is 6.11. The van der Waals surface area contributed by atoms with Crippen LogP contribution in [0, 0.1) is 5.92 Å². The number of carbonyl (C=O) groups is 2. The summed E-state index contributed by atoms with van der Waals surface area (Å²) in [6.45, 7) is 5.42. The third-order valence-corrected chi connectivity index (χ3v) is 3.61. The van der Waals surface area contributed by atoms with Crippen LogP contribution in [0.4, 0.5) is 0 Å². The summed E-state index contributed by atoms with van der Waals surface area (Å²) in [5.74, 6) is -1.25. The molecule has 2 aromatic rings. The lowest BCUT2D eigenvalue weighted by Gasteiger charge is -2.17. The highest BCUT2D eigenvalue weighted by atomic mass is 16.4. The second kappa shape index (κ2) is 11.0. The minimum absolute atomic E-state index is 0.0849. The Morgan fingerprint density at radius 2 is 1.36 bits per heavy atom. The molecule has 0 saturated carbocycles. The van der Waals surface area contributed by atoms with Crippen molar-refractivity contribution in [2.75, 3.05) is 0 Å². The summed E-state index contributed by atoms with van der Waals surface area (Å²) in [6, 6.07) is 20.0. The molecule has 0 saturated heterocycles. The fourth-order valence-corrected chi connectivity index (χ4v) is 2.25. The Labute approximate surface area is 149 Å². The molecule has 4 nitrogen and oxygen atoms in total. The summed E-state index contributed by atoms with van der Waals surface area (Å²) in [6.07, 6.45) is 1.12. The number of hydrogen-bond donors (Lipinski definition) is 2. The first-order valence-electron chi connectivity index (χ1n) is 8.58. The first-order valence-corrected chi connectivity index (χ1v) is 8.58. The van der Waals surface area contributed by atoms with Gasteiger partial charge in [0.1, 0.15) is 6.04 Å². The molecule has 1 atom stereocenters. The molecule has 2 N–H and O–H groups in total. The summed E-state index contributed by atoms with van der Waals surface area (Å²) in [4.78, 5) is 21.8. The van der Waals surface area contributed by atoms with Crippen LogP contribution in [0.2, 0.25) is 0 Å². The van der Waals surface area contributed by atoms with E-state index >= 15 is 0 Å². The molecule has 0 spiro atoms. The van der Waals surface area contributed by atoms with Gasteiger partial charge in [-0.05, 0) is 23.5 Å². The Balaban J connectivity index is 0.000000250. The fourth-order valence-electron chi connectivity index (χ4n) is 2.25. The highest BCUT2D eigenvalue weighted by Crippen LogP contribution is 2.17. The summed E-state index contributed by atoms with van der Waals surface area (Å²) in [5, 5.41) is 11.2. The summed E-state index contributed by atoms with van der Waals surface area (Å²) in [5.41, 5.74) is 2.55. The third-order valence-electron chi connectivity index (χ3n) is 3.61. The highest BCUT2D eigenvalue weighted by Gasteiger charge is 2.22. The Hall–Kier alpha value is -2.62. The zero-order valence-electron chi connectivity index (χ0n) is 15.1. The Morgan fingerprint density at radius 3 is 1.68 bits per heavy atom. The first kappa shape index (κ1) is 20.4. The van der Waals surface area contributed by atoms with Crippen LogP contribution >= 0.6 is 0 Å². The molecule has 0 aliphatic heterocycles. The molecule has 134 valence electrons. The van der Waals surface area contributed by atoms with Crippen LogP contribution in [0.1, 0.15) is 33.6 Å². The predicted molar refractivity (Wildman–Crippen MR) is 101 cm³/mol. The number of carbonyl (C=O) groups excluding carboxylic acids is 1. The molecule has 0 radical (unpaired) electrons. The highest BCUT2D eigenvalue weighted by molar-refractivity contribution is 5.83. The molecule has 2 rings (SSSR count). The Kier molecular flexibility index (Phi) is 9.01. The summed E-state index contributed by atoms with van der Waals surface area (Å²) < 4.78 is 0. The number of carboxylic acids is 1. The van der Waals surface area contributed by atoms with Crippen molar-refractivity contribution in [3.8, 4) is 11.1 Å². The molecule has 0 heterocycles.